The molecule has 0 saturated carbocycles. The van der Waals surface area contributed by atoms with E-state index in [1.54, 1.807) is 41.1 Å². The molecule has 0 aliphatic heterocycles. The first-order valence-electron chi connectivity index (χ1n) is 9.26. The van der Waals surface area contributed by atoms with Crippen molar-refractivity contribution in [1.29, 1.82) is 0 Å². The van der Waals surface area contributed by atoms with Gasteiger partial charge < -0.3 is 5.32 Å². The van der Waals surface area contributed by atoms with E-state index in [-0.39, 0.29) is 17.8 Å². The summed E-state index contributed by atoms with van der Waals surface area (Å²) < 4.78 is 40.0. The van der Waals surface area contributed by atoms with Gasteiger partial charge in [0.25, 0.3) is 0 Å². The van der Waals surface area contributed by atoms with Crippen molar-refractivity contribution in [2.45, 2.75) is 12.7 Å². The van der Waals surface area contributed by atoms with Crippen LogP contribution in [0.15, 0.2) is 72.8 Å². The highest BCUT2D eigenvalue weighted by Gasteiger charge is 2.30. The molecule has 4 rings (SSSR count). The molecule has 5 nitrogen and oxygen atoms in total. The van der Waals surface area contributed by atoms with Crippen LogP contribution in [-0.4, -0.2) is 15.7 Å². The fraction of sp³-hybridized carbons (Fsp3) is 0.0870. The third-order valence-corrected chi connectivity index (χ3v) is 4.77. The van der Waals surface area contributed by atoms with E-state index < -0.39 is 17.6 Å². The Bertz CT molecular complexity index is 1300. The van der Waals surface area contributed by atoms with Gasteiger partial charge in [-0.25, -0.2) is 4.85 Å². The summed E-state index contributed by atoms with van der Waals surface area (Å²) in [4.78, 5) is 16.1. The number of nitrogens with zero attached hydrogens (tertiary/aromatic N) is 3. The van der Waals surface area contributed by atoms with E-state index in [2.05, 4.69) is 15.3 Å². The van der Waals surface area contributed by atoms with Crippen molar-refractivity contribution in [2.75, 3.05) is 5.32 Å². The molecule has 1 amide bonds. The normalized spacial score (nSPS) is 11.3. The van der Waals surface area contributed by atoms with Gasteiger partial charge in [0.1, 0.15) is 0 Å². The maximum Gasteiger partial charge on any atom is 0.416 e. The highest BCUT2D eigenvalue weighted by atomic mass is 19.4. The fourth-order valence-electron chi connectivity index (χ4n) is 3.25. The second-order valence-electron chi connectivity index (χ2n) is 6.80. The maximum atomic E-state index is 12.8. The highest BCUT2D eigenvalue weighted by molar-refractivity contribution is 6.10. The van der Waals surface area contributed by atoms with Gasteiger partial charge in [-0.3, -0.25) is 9.48 Å². The zero-order valence-electron chi connectivity index (χ0n) is 16.0. The minimum atomic E-state index is -4.39. The minimum Gasteiger partial charge on any atom is -0.306 e. The summed E-state index contributed by atoms with van der Waals surface area (Å²) in [6, 6.07) is 18.6. The van der Waals surface area contributed by atoms with Crippen LogP contribution < -0.4 is 5.32 Å². The average molecular weight is 420 g/mol. The molecule has 154 valence electrons. The Hall–Kier alpha value is -4.12. The van der Waals surface area contributed by atoms with Crippen LogP contribution in [0, 0.1) is 6.57 Å². The summed E-state index contributed by atoms with van der Waals surface area (Å²) >= 11 is 0. The smallest absolute Gasteiger partial charge is 0.306 e. The van der Waals surface area contributed by atoms with Gasteiger partial charge >= 0.3 is 6.18 Å². The number of hydrogen-bond donors (Lipinski definition) is 1. The summed E-state index contributed by atoms with van der Waals surface area (Å²) in [5.74, 6) is -0.149. The average Bonchev–Trinajstić information content (AvgIpc) is 3.10. The molecule has 1 N–H and O–H groups in total. The number of nitrogens with one attached hydrogen (secondary N) is 1. The number of alkyl halides is 3. The molecule has 3 aromatic carbocycles. The molecule has 0 aliphatic carbocycles. The molecular weight excluding hydrogens is 405 g/mol. The number of para-hydroxylation sites is 2. The first-order valence-corrected chi connectivity index (χ1v) is 9.26. The molecule has 1 aromatic heterocycles. The number of anilines is 1. The van der Waals surface area contributed by atoms with Crippen molar-refractivity contribution in [3.8, 4) is 0 Å². The molecule has 4 aromatic rings. The number of halogens is 3. The van der Waals surface area contributed by atoms with Crippen molar-refractivity contribution in [1.82, 2.24) is 9.78 Å². The third kappa shape index (κ3) is 4.12. The second-order valence-corrected chi connectivity index (χ2v) is 6.80. The highest BCUT2D eigenvalue weighted by Crippen LogP contribution is 2.30. The molecule has 0 radical (unpaired) electrons. The quantitative estimate of drug-likeness (QED) is 0.418. The standard InChI is InChI=1S/C23H15F3N4O/c1-27-19-8-4-2-6-17(19)22(31)28-21-18-7-3-5-9-20(18)30(29-21)14-15-10-12-16(13-11-15)23(24,25)26/h2-13H,14H2,(H,28,29,31). The zero-order valence-corrected chi connectivity index (χ0v) is 16.0. The number of carbonyl (C=O) groups is 1. The summed E-state index contributed by atoms with van der Waals surface area (Å²) in [5, 5.41) is 7.89. The van der Waals surface area contributed by atoms with Gasteiger partial charge in [0.05, 0.1) is 24.2 Å². The van der Waals surface area contributed by atoms with Crippen molar-refractivity contribution >= 4 is 28.3 Å². The predicted octanol–water partition coefficient (Wildman–Crippen LogP) is 5.91. The Kier molecular flexibility index (Phi) is 5.17. The van der Waals surface area contributed by atoms with Gasteiger partial charge in [0.15, 0.2) is 11.5 Å². The van der Waals surface area contributed by atoms with Crippen LogP contribution in [0.25, 0.3) is 15.7 Å². The monoisotopic (exact) mass is 420 g/mol. The maximum absolute atomic E-state index is 12.8. The number of carbonyl (C=O) groups excluding carboxylic acids is 1. The lowest BCUT2D eigenvalue weighted by molar-refractivity contribution is -0.137. The Morgan fingerprint density at radius 2 is 1.68 bits per heavy atom. The molecular formula is C23H15F3N4O. The first-order chi connectivity index (χ1) is 14.9. The Labute approximate surface area is 175 Å². The van der Waals surface area contributed by atoms with Crippen molar-refractivity contribution in [2.24, 2.45) is 0 Å². The Morgan fingerprint density at radius 1 is 1.00 bits per heavy atom. The number of hydrogen-bond acceptors (Lipinski definition) is 2. The van der Waals surface area contributed by atoms with Crippen LogP contribution in [0.4, 0.5) is 24.7 Å². The lowest BCUT2D eigenvalue weighted by atomic mass is 10.1. The number of rotatable bonds is 4. The molecule has 0 saturated heterocycles. The molecule has 0 aliphatic rings. The Balaban J connectivity index is 1.65. The largest absolute Gasteiger partial charge is 0.416 e. The third-order valence-electron chi connectivity index (χ3n) is 4.77. The van der Waals surface area contributed by atoms with E-state index in [0.29, 0.717) is 16.8 Å². The van der Waals surface area contributed by atoms with Crippen molar-refractivity contribution in [3.05, 3.63) is 101 Å². The molecule has 1 heterocycles. The van der Waals surface area contributed by atoms with E-state index in [4.69, 9.17) is 6.57 Å². The molecule has 0 spiro atoms. The second kappa shape index (κ2) is 7.95. The summed E-state index contributed by atoms with van der Waals surface area (Å²) in [6.45, 7) is 7.46. The lowest BCUT2D eigenvalue weighted by Crippen LogP contribution is -2.13. The molecule has 0 bridgehead atoms. The molecule has 0 unspecified atom stereocenters. The summed E-state index contributed by atoms with van der Waals surface area (Å²) in [7, 11) is 0. The topological polar surface area (TPSA) is 51.3 Å². The number of amides is 1. The Morgan fingerprint density at radius 3 is 2.39 bits per heavy atom. The number of aromatic nitrogens is 2. The predicted molar refractivity (Wildman–Crippen MR) is 111 cm³/mol. The molecule has 0 atom stereocenters. The van der Waals surface area contributed by atoms with Crippen LogP contribution in [0.3, 0.4) is 0 Å². The van der Waals surface area contributed by atoms with Gasteiger partial charge in [0.2, 0.25) is 5.91 Å². The lowest BCUT2D eigenvalue weighted by Gasteiger charge is -2.08. The van der Waals surface area contributed by atoms with Crippen LogP contribution in [0.2, 0.25) is 0 Å². The van der Waals surface area contributed by atoms with E-state index in [0.717, 1.165) is 17.6 Å². The zero-order chi connectivity index (χ0) is 22.0. The fourth-order valence-corrected chi connectivity index (χ4v) is 3.25. The SMILES string of the molecule is [C-]#[N+]c1ccccc1C(=O)Nc1nn(Cc2ccc(C(F)(F)F)cc2)c2ccccc12. The summed E-state index contributed by atoms with van der Waals surface area (Å²) in [5.41, 5.74) is 1.11. The van der Waals surface area contributed by atoms with Crippen molar-refractivity contribution in [3.63, 3.8) is 0 Å². The molecule has 0 fully saturated rings. The van der Waals surface area contributed by atoms with Gasteiger partial charge in [-0.2, -0.15) is 18.3 Å². The van der Waals surface area contributed by atoms with E-state index >= 15 is 0 Å². The van der Waals surface area contributed by atoms with Crippen molar-refractivity contribution < 1.29 is 18.0 Å². The van der Waals surface area contributed by atoms with Gasteiger partial charge in [-0.05, 0) is 29.8 Å². The van der Waals surface area contributed by atoms with E-state index in [9.17, 15) is 18.0 Å². The molecule has 8 heteroatoms. The minimum absolute atomic E-state index is 0.229. The van der Waals surface area contributed by atoms with Crippen LogP contribution >= 0.6 is 0 Å². The summed E-state index contributed by atoms with van der Waals surface area (Å²) in [6.07, 6.45) is -4.39. The number of benzene rings is 3. The van der Waals surface area contributed by atoms with E-state index in [1.807, 2.05) is 12.1 Å². The van der Waals surface area contributed by atoms with Gasteiger partial charge in [-0.1, -0.05) is 48.5 Å². The molecule has 31 heavy (non-hydrogen) atoms. The number of fused-ring (bicyclic) bond motifs is 1. The van der Waals surface area contributed by atoms with E-state index in [1.165, 1.54) is 12.1 Å². The first kappa shape index (κ1) is 20.2. The van der Waals surface area contributed by atoms with Crippen LogP contribution in [0.5, 0.6) is 0 Å². The van der Waals surface area contributed by atoms with Crippen LogP contribution in [-0.2, 0) is 12.7 Å². The van der Waals surface area contributed by atoms with Crippen LogP contribution in [0.1, 0.15) is 21.5 Å². The van der Waals surface area contributed by atoms with Gasteiger partial charge in [0, 0.05) is 10.9 Å². The van der Waals surface area contributed by atoms with Gasteiger partial charge in [-0.15, -0.1) is 0 Å².